The van der Waals surface area contributed by atoms with Gasteiger partial charge >= 0.3 is 6.85 Å². The van der Waals surface area contributed by atoms with E-state index in [1.54, 1.807) is 11.1 Å². The highest BCUT2D eigenvalue weighted by molar-refractivity contribution is 6.94. The Morgan fingerprint density at radius 2 is 1.11 bits per heavy atom. The molecule has 1 aromatic heterocycles. The largest absolute Gasteiger partial charge is 0.376 e. The molecule has 0 spiro atoms. The third kappa shape index (κ3) is 4.74. The minimum Gasteiger partial charge on any atom is -0.376 e. The van der Waals surface area contributed by atoms with Crippen LogP contribution >= 0.6 is 0 Å². The van der Waals surface area contributed by atoms with Crippen LogP contribution in [-0.4, -0.2) is 11.4 Å². The van der Waals surface area contributed by atoms with Crippen molar-refractivity contribution in [1.29, 1.82) is 0 Å². The Kier molecular flexibility index (Phi) is 6.94. The van der Waals surface area contributed by atoms with E-state index in [4.69, 9.17) is 0 Å². The topological polar surface area (TPSA) is 8.17 Å². The molecule has 0 saturated heterocycles. The van der Waals surface area contributed by atoms with E-state index >= 15 is 0 Å². The second kappa shape index (κ2) is 12.4. The molecule has 0 radical (unpaired) electrons. The van der Waals surface area contributed by atoms with Crippen molar-refractivity contribution in [3.05, 3.63) is 150 Å². The van der Waals surface area contributed by atoms with E-state index in [9.17, 15) is 0 Å². The summed E-state index contributed by atoms with van der Waals surface area (Å²) in [5.41, 5.74) is 20.4. The van der Waals surface area contributed by atoms with Crippen LogP contribution in [0, 0.1) is 42.4 Å². The van der Waals surface area contributed by atoms with Crippen LogP contribution in [0.25, 0.3) is 60.5 Å². The van der Waals surface area contributed by atoms with Gasteiger partial charge < -0.3 is 9.38 Å². The highest BCUT2D eigenvalue weighted by atomic mass is 15.1. The van der Waals surface area contributed by atoms with Gasteiger partial charge in [-0.15, -0.1) is 0 Å². The van der Waals surface area contributed by atoms with Crippen LogP contribution in [0.3, 0.4) is 0 Å². The van der Waals surface area contributed by atoms with Gasteiger partial charge in [0.25, 0.3) is 0 Å². The van der Waals surface area contributed by atoms with E-state index in [0.717, 1.165) is 35.5 Å². The van der Waals surface area contributed by atoms with Crippen LogP contribution in [-0.2, 0) is 10.8 Å². The molecule has 8 fully saturated rings. The number of fused-ring (bicyclic) bond motifs is 9. The summed E-state index contributed by atoms with van der Waals surface area (Å²) in [5.74, 6) is 5.47. The van der Waals surface area contributed by atoms with Crippen LogP contribution in [0.2, 0.25) is 0 Å². The van der Waals surface area contributed by atoms with Crippen LogP contribution in [0.4, 0.5) is 11.4 Å². The molecule has 8 bridgehead atoms. The molecule has 64 heavy (non-hydrogen) atoms. The van der Waals surface area contributed by atoms with Gasteiger partial charge in [0.1, 0.15) is 0 Å². The first-order chi connectivity index (χ1) is 31.4. The van der Waals surface area contributed by atoms with Crippen molar-refractivity contribution in [3.8, 4) is 27.9 Å². The highest BCUT2D eigenvalue weighted by Crippen LogP contribution is 2.63. The molecule has 10 aliphatic rings. The second-order valence-electron chi connectivity index (χ2n) is 23.0. The lowest BCUT2D eigenvalue weighted by atomic mass is 9.42. The molecule has 0 amide bonds. The van der Waals surface area contributed by atoms with Gasteiger partial charge in [-0.05, 0) is 216 Å². The summed E-state index contributed by atoms with van der Waals surface area (Å²) in [6.45, 7) is 2.36. The summed E-state index contributed by atoms with van der Waals surface area (Å²) in [4.78, 5) is 2.80. The Morgan fingerprint density at radius 1 is 0.500 bits per heavy atom. The summed E-state index contributed by atoms with van der Waals surface area (Å²) in [6, 6.07) is 53.1. The molecule has 7 aromatic carbocycles. The number of hydrogen-bond donors (Lipinski definition) is 0. The van der Waals surface area contributed by atoms with Crippen molar-refractivity contribution in [2.75, 3.05) is 4.81 Å². The molecular weight excluding hydrogens is 771 g/mol. The summed E-state index contributed by atoms with van der Waals surface area (Å²) in [5, 5.41) is 5.66. The van der Waals surface area contributed by atoms with Crippen molar-refractivity contribution in [3.63, 3.8) is 0 Å². The molecule has 8 aromatic rings. The smallest absolute Gasteiger partial charge is 0.333 e. The lowest BCUT2D eigenvalue weighted by Gasteiger charge is -2.57. The van der Waals surface area contributed by atoms with E-state index in [1.165, 1.54) is 165 Å². The zero-order valence-corrected chi connectivity index (χ0v) is 37.1. The van der Waals surface area contributed by atoms with Crippen molar-refractivity contribution in [1.82, 2.24) is 4.57 Å². The zero-order chi connectivity index (χ0) is 41.6. The summed E-state index contributed by atoms with van der Waals surface area (Å²) >= 11 is 0. The predicted octanol–water partition coefficient (Wildman–Crippen LogP) is 14.1. The number of nitrogens with zero attached hydrogens (tertiary/aromatic N) is 2. The zero-order valence-electron chi connectivity index (χ0n) is 37.1. The van der Waals surface area contributed by atoms with E-state index in [2.05, 4.69) is 150 Å². The fourth-order valence-corrected chi connectivity index (χ4v) is 17.7. The van der Waals surface area contributed by atoms with Gasteiger partial charge in [0.15, 0.2) is 0 Å². The maximum Gasteiger partial charge on any atom is 0.333 e. The van der Waals surface area contributed by atoms with Crippen LogP contribution in [0.1, 0.15) is 93.7 Å². The maximum absolute atomic E-state index is 2.81. The average Bonchev–Trinajstić information content (AvgIpc) is 3.64. The fourth-order valence-electron chi connectivity index (χ4n) is 17.7. The lowest BCUT2D eigenvalue weighted by Crippen LogP contribution is -2.61. The first-order valence-electron chi connectivity index (χ1n) is 25.2. The molecule has 8 aliphatic carbocycles. The van der Waals surface area contributed by atoms with Crippen LogP contribution in [0.5, 0.6) is 0 Å². The first kappa shape index (κ1) is 35.8. The molecule has 2 nitrogen and oxygen atoms in total. The van der Waals surface area contributed by atoms with Gasteiger partial charge in [-0.2, -0.15) is 0 Å². The summed E-state index contributed by atoms with van der Waals surface area (Å²) < 4.78 is 2.76. The maximum atomic E-state index is 2.81. The summed E-state index contributed by atoms with van der Waals surface area (Å²) in [7, 11) is 0. The molecule has 8 saturated carbocycles. The average molecular weight is 827 g/mol. The minimum atomic E-state index is 0.0299. The highest BCUT2D eigenvalue weighted by Gasteiger charge is 2.54. The summed E-state index contributed by atoms with van der Waals surface area (Å²) in [6.07, 6.45) is 17.2. The van der Waals surface area contributed by atoms with Crippen molar-refractivity contribution in [2.24, 2.45) is 35.5 Å². The van der Waals surface area contributed by atoms with Gasteiger partial charge in [-0.25, -0.2) is 0 Å². The Hall–Kier alpha value is -5.54. The van der Waals surface area contributed by atoms with Crippen molar-refractivity contribution in [2.45, 2.75) is 94.8 Å². The Labute approximate surface area is 377 Å². The second-order valence-corrected chi connectivity index (χ2v) is 23.0. The molecule has 312 valence electrons. The minimum absolute atomic E-state index is 0.0299. The first-order valence-corrected chi connectivity index (χ1v) is 25.2. The third-order valence-corrected chi connectivity index (χ3v) is 19.2. The van der Waals surface area contributed by atoms with Gasteiger partial charge in [0, 0.05) is 38.8 Å². The van der Waals surface area contributed by atoms with Crippen molar-refractivity contribution < 1.29 is 0 Å². The molecule has 0 unspecified atom stereocenters. The van der Waals surface area contributed by atoms with E-state index in [1.807, 2.05) is 0 Å². The van der Waals surface area contributed by atoms with Gasteiger partial charge in [-0.1, -0.05) is 97.1 Å². The quantitative estimate of drug-likeness (QED) is 0.161. The van der Waals surface area contributed by atoms with E-state index in [-0.39, 0.29) is 12.3 Å². The normalized spacial score (nSPS) is 29.9. The number of aromatic nitrogens is 1. The third-order valence-electron chi connectivity index (χ3n) is 19.2. The predicted molar refractivity (Wildman–Crippen MR) is 267 cm³/mol. The monoisotopic (exact) mass is 826 g/mol. The lowest BCUT2D eigenvalue weighted by molar-refractivity contribution is -0.00526. The number of rotatable bonds is 4. The Balaban J connectivity index is 1.00. The van der Waals surface area contributed by atoms with Gasteiger partial charge in [0.2, 0.25) is 0 Å². The van der Waals surface area contributed by atoms with E-state index < -0.39 is 0 Å². The molecule has 18 rings (SSSR count). The van der Waals surface area contributed by atoms with E-state index in [0.29, 0.717) is 5.41 Å². The molecule has 0 atom stereocenters. The number of benzene rings is 7. The number of anilines is 2. The van der Waals surface area contributed by atoms with Gasteiger partial charge in [0.05, 0.1) is 11.0 Å². The molecule has 0 N–H and O–H groups in total. The molecule has 3 heteroatoms. The standard InChI is InChI=1S/C61H55BN2/c1-36-19-52-50-17-13-45-9-5-6-10-49(45)58(50)64(48-15-11-44(12-16-48)43-7-3-2-4-8-43)62-54-29-47(61-33-40-24-41(34-61)26-42(25-40)35-61)28-53-51-27-46(60-30-37-21-38(31-60)23-39(22-37)32-60)14-18-55(51)63(59(53)54)56(20-36)57(52)62/h2-20,27-29,37-42H,21-26,30-35H2,1H3. The van der Waals surface area contributed by atoms with Gasteiger partial charge in [-0.3, -0.25) is 0 Å². The Morgan fingerprint density at radius 3 is 1.80 bits per heavy atom. The Bertz CT molecular complexity index is 3250. The molecule has 2 aliphatic heterocycles. The van der Waals surface area contributed by atoms with Crippen LogP contribution in [0.15, 0.2) is 133 Å². The number of aryl methyl sites for hydroxylation is 1. The molecule has 3 heterocycles. The van der Waals surface area contributed by atoms with Crippen LogP contribution < -0.4 is 15.7 Å². The van der Waals surface area contributed by atoms with Crippen molar-refractivity contribution >= 4 is 61.7 Å². The number of hydrogen-bond acceptors (Lipinski definition) is 1. The fraction of sp³-hybridized carbons (Fsp3) is 0.344. The molecular formula is C61H55BN2. The SMILES string of the molecule is Cc1cc2c3c(c1)-n1c4ccc(C56CC7CC(CC(C7)C5)C6)cc4c4cc(C56CC7CC(CC(C7)C5)C6)cc(c41)B3N(c1ccc(-c3ccccc3)cc1)c1c-2ccc2ccccc12.